The number of rotatable bonds is 8. The molecule has 0 aliphatic carbocycles. The molecule has 0 aromatic heterocycles. The van der Waals surface area contributed by atoms with Gasteiger partial charge in [-0.15, -0.1) is 11.2 Å². The molecule has 0 saturated carbocycles. The summed E-state index contributed by atoms with van der Waals surface area (Å²) >= 11 is 8.45. The van der Waals surface area contributed by atoms with Gasteiger partial charge in [-0.2, -0.15) is 0 Å². The van der Waals surface area contributed by atoms with E-state index in [2.05, 4.69) is 64.9 Å². The van der Waals surface area contributed by atoms with Gasteiger partial charge in [0.15, 0.2) is 0 Å². The molecule has 1 aromatic carbocycles. The van der Waals surface area contributed by atoms with Gasteiger partial charge in [0.2, 0.25) is 0 Å². The number of ether oxygens (including phenoxy) is 1. The lowest BCUT2D eigenvalue weighted by atomic mass is 10.1. The number of carbonyl (C=O) groups is 1. The Balaban J connectivity index is 3.10. The molecule has 0 saturated heterocycles. The standard InChI is InChI=1S/C23H40ClNO2SSi/c1-16(2)29(17(3)4,18(5)6)28-21-12-11-20(24)15-19(21)13-14-25(10)22(26)27-23(7,8)9/h11-12,15-18H,13-14H2,1-10H3. The van der Waals surface area contributed by atoms with Crippen molar-refractivity contribution in [2.75, 3.05) is 13.6 Å². The molecule has 0 atom stereocenters. The highest BCUT2D eigenvalue weighted by Gasteiger charge is 2.44. The van der Waals surface area contributed by atoms with Gasteiger partial charge in [-0.1, -0.05) is 53.1 Å². The molecule has 3 nitrogen and oxygen atoms in total. The fraction of sp³-hybridized carbons (Fsp3) is 0.696. The number of halogens is 1. The number of benzene rings is 1. The van der Waals surface area contributed by atoms with E-state index in [0.29, 0.717) is 23.2 Å². The van der Waals surface area contributed by atoms with Crippen LogP contribution in [0.25, 0.3) is 0 Å². The summed E-state index contributed by atoms with van der Waals surface area (Å²) in [6.45, 7) is 20.5. The second-order valence-electron chi connectivity index (χ2n) is 9.82. The molecule has 0 fully saturated rings. The summed E-state index contributed by atoms with van der Waals surface area (Å²) in [5.74, 6) is 0. The maximum Gasteiger partial charge on any atom is 0.410 e. The third-order valence-corrected chi connectivity index (χ3v) is 18.0. The number of amides is 1. The van der Waals surface area contributed by atoms with Crippen LogP contribution in [0.4, 0.5) is 4.79 Å². The van der Waals surface area contributed by atoms with Crippen LogP contribution < -0.4 is 0 Å². The van der Waals surface area contributed by atoms with Crippen molar-refractivity contribution >= 4 is 36.1 Å². The second-order valence-corrected chi connectivity index (χ2v) is 18.8. The smallest absolute Gasteiger partial charge is 0.410 e. The summed E-state index contributed by atoms with van der Waals surface area (Å²) in [7, 11) is 0.134. The normalized spacial score (nSPS) is 12.8. The predicted molar refractivity (Wildman–Crippen MR) is 131 cm³/mol. The van der Waals surface area contributed by atoms with Crippen molar-refractivity contribution in [1.82, 2.24) is 4.90 Å². The van der Waals surface area contributed by atoms with E-state index in [1.54, 1.807) is 11.9 Å². The van der Waals surface area contributed by atoms with Crippen LogP contribution in [0.1, 0.15) is 67.9 Å². The summed E-state index contributed by atoms with van der Waals surface area (Å²) in [5.41, 5.74) is 2.73. The minimum Gasteiger partial charge on any atom is -0.444 e. The average Bonchev–Trinajstić information content (AvgIpc) is 2.56. The number of hydrogen-bond acceptors (Lipinski definition) is 3. The Bertz CT molecular complexity index is 664. The van der Waals surface area contributed by atoms with Gasteiger partial charge >= 0.3 is 6.09 Å². The van der Waals surface area contributed by atoms with Crippen LogP contribution in [0.3, 0.4) is 0 Å². The summed E-state index contributed by atoms with van der Waals surface area (Å²) in [6, 6.07) is 6.22. The van der Waals surface area contributed by atoms with Gasteiger partial charge in [0, 0.05) is 23.5 Å². The molecule has 166 valence electrons. The minimum absolute atomic E-state index is 0.288. The van der Waals surface area contributed by atoms with E-state index >= 15 is 0 Å². The predicted octanol–water partition coefficient (Wildman–Crippen LogP) is 8.02. The Hall–Kier alpha value is -0.653. The van der Waals surface area contributed by atoms with E-state index in [1.807, 2.05) is 26.8 Å². The van der Waals surface area contributed by atoms with Crippen LogP contribution >= 0.6 is 22.8 Å². The first-order valence-corrected chi connectivity index (χ1v) is 14.8. The monoisotopic (exact) mass is 457 g/mol. The summed E-state index contributed by atoms with van der Waals surface area (Å²) < 4.78 is 5.48. The van der Waals surface area contributed by atoms with Gasteiger partial charge in [-0.3, -0.25) is 0 Å². The number of nitrogens with zero attached hydrogens (tertiary/aromatic N) is 1. The lowest BCUT2D eigenvalue weighted by Crippen LogP contribution is -2.41. The Morgan fingerprint density at radius 2 is 1.62 bits per heavy atom. The molecule has 29 heavy (non-hydrogen) atoms. The average molecular weight is 458 g/mol. The molecule has 0 aliphatic heterocycles. The van der Waals surface area contributed by atoms with Crippen molar-refractivity contribution in [3.8, 4) is 0 Å². The Morgan fingerprint density at radius 3 is 2.07 bits per heavy atom. The highest BCUT2D eigenvalue weighted by atomic mass is 35.5. The Morgan fingerprint density at radius 1 is 1.10 bits per heavy atom. The van der Waals surface area contributed by atoms with Crippen LogP contribution in [0.15, 0.2) is 23.1 Å². The van der Waals surface area contributed by atoms with Crippen LogP contribution in [-0.4, -0.2) is 37.4 Å². The summed E-state index contributed by atoms with van der Waals surface area (Å²) in [4.78, 5) is 15.3. The topological polar surface area (TPSA) is 29.5 Å². The van der Waals surface area contributed by atoms with E-state index in [-0.39, 0.29) is 6.09 Å². The van der Waals surface area contributed by atoms with E-state index in [0.717, 1.165) is 11.4 Å². The van der Waals surface area contributed by atoms with E-state index in [1.165, 1.54) is 10.5 Å². The van der Waals surface area contributed by atoms with Gasteiger partial charge < -0.3 is 9.64 Å². The lowest BCUT2D eigenvalue weighted by molar-refractivity contribution is 0.0300. The third kappa shape index (κ3) is 7.22. The highest BCUT2D eigenvalue weighted by Crippen LogP contribution is 2.52. The van der Waals surface area contributed by atoms with Crippen molar-refractivity contribution in [2.45, 2.75) is 95.9 Å². The van der Waals surface area contributed by atoms with Crippen molar-refractivity contribution in [3.05, 3.63) is 28.8 Å². The first kappa shape index (κ1) is 26.4. The fourth-order valence-corrected chi connectivity index (χ4v) is 13.7. The Labute approximate surface area is 188 Å². The molecular weight excluding hydrogens is 418 g/mol. The highest BCUT2D eigenvalue weighted by molar-refractivity contribution is 8.29. The second kappa shape index (κ2) is 10.6. The molecule has 1 aromatic rings. The first-order chi connectivity index (χ1) is 13.2. The van der Waals surface area contributed by atoms with Crippen LogP contribution in [0.2, 0.25) is 21.6 Å². The van der Waals surface area contributed by atoms with Crippen molar-refractivity contribution in [3.63, 3.8) is 0 Å². The SMILES string of the molecule is CC(C)[Si](Sc1ccc(Cl)cc1CCN(C)C(=O)OC(C)(C)C)(C(C)C)C(C)C. The molecule has 0 bridgehead atoms. The zero-order valence-corrected chi connectivity index (χ0v) is 22.5. The largest absolute Gasteiger partial charge is 0.444 e. The molecule has 0 unspecified atom stereocenters. The van der Waals surface area contributed by atoms with Crippen molar-refractivity contribution < 1.29 is 9.53 Å². The number of hydrogen-bond donors (Lipinski definition) is 0. The molecular formula is C23H40ClNO2SSi. The molecule has 1 amide bonds. The van der Waals surface area contributed by atoms with E-state index in [4.69, 9.17) is 16.3 Å². The Kier molecular flexibility index (Phi) is 9.63. The van der Waals surface area contributed by atoms with Crippen LogP contribution in [0, 0.1) is 0 Å². The molecule has 0 heterocycles. The van der Waals surface area contributed by atoms with Gasteiger partial charge in [-0.05, 0) is 67.6 Å². The molecule has 0 spiro atoms. The molecule has 0 aliphatic rings. The van der Waals surface area contributed by atoms with E-state index in [9.17, 15) is 4.79 Å². The van der Waals surface area contributed by atoms with Crippen LogP contribution in [0.5, 0.6) is 0 Å². The van der Waals surface area contributed by atoms with Gasteiger partial charge in [0.1, 0.15) is 12.8 Å². The first-order valence-electron chi connectivity index (χ1n) is 10.6. The van der Waals surface area contributed by atoms with Crippen LogP contribution in [-0.2, 0) is 11.2 Å². The zero-order valence-electron chi connectivity index (χ0n) is 19.9. The van der Waals surface area contributed by atoms with Gasteiger partial charge in [-0.25, -0.2) is 4.79 Å². The fourth-order valence-electron chi connectivity index (χ4n) is 4.11. The lowest BCUT2D eigenvalue weighted by Gasteiger charge is -2.42. The van der Waals surface area contributed by atoms with Gasteiger partial charge in [0.25, 0.3) is 0 Å². The summed E-state index contributed by atoms with van der Waals surface area (Å²) in [6.07, 6.45) is 0.473. The van der Waals surface area contributed by atoms with Gasteiger partial charge in [0.05, 0.1) is 0 Å². The molecule has 0 radical (unpaired) electrons. The molecule has 0 N–H and O–H groups in total. The quantitative estimate of drug-likeness (QED) is 0.370. The molecule has 6 heteroatoms. The maximum absolute atomic E-state index is 12.3. The maximum atomic E-state index is 12.3. The zero-order chi connectivity index (χ0) is 22.6. The number of likely N-dealkylation sites (N-methyl/N-ethyl adjacent to an activating group) is 1. The number of carbonyl (C=O) groups excluding carboxylic acids is 1. The minimum atomic E-state index is -1.66. The van der Waals surface area contributed by atoms with Crippen molar-refractivity contribution in [2.24, 2.45) is 0 Å². The van der Waals surface area contributed by atoms with Crippen molar-refractivity contribution in [1.29, 1.82) is 0 Å². The van der Waals surface area contributed by atoms with E-state index < -0.39 is 12.8 Å². The third-order valence-electron chi connectivity index (χ3n) is 5.44. The molecule has 1 rings (SSSR count). The summed E-state index contributed by atoms with van der Waals surface area (Å²) in [5, 5.41) is 0.746.